The molecule has 1 heterocycles. The third-order valence-corrected chi connectivity index (χ3v) is 3.90. The Kier molecular flexibility index (Phi) is 2.84. The van der Waals surface area contributed by atoms with Crippen LogP contribution in [0.25, 0.3) is 0 Å². The fourth-order valence-corrected chi connectivity index (χ4v) is 2.80. The molecule has 0 aliphatic heterocycles. The van der Waals surface area contributed by atoms with Crippen LogP contribution in [0.5, 0.6) is 0 Å². The molecule has 2 aliphatic rings. The first-order valence-corrected chi connectivity index (χ1v) is 6.72. The highest BCUT2D eigenvalue weighted by molar-refractivity contribution is 6.29. The second kappa shape index (κ2) is 4.33. The van der Waals surface area contributed by atoms with Gasteiger partial charge in [0.15, 0.2) is 0 Å². The quantitative estimate of drug-likeness (QED) is 0.748. The van der Waals surface area contributed by atoms with E-state index in [4.69, 9.17) is 16.6 Å². The van der Waals surface area contributed by atoms with Gasteiger partial charge in [0.2, 0.25) is 0 Å². The average Bonchev–Trinajstić information content (AvgIpc) is 2.90. The number of nitrogens with zero attached hydrogens (tertiary/aromatic N) is 2. The molecule has 1 aromatic heterocycles. The second-order valence-corrected chi connectivity index (χ2v) is 5.55. The molecule has 0 spiro atoms. The van der Waals surface area contributed by atoms with E-state index in [1.54, 1.807) is 0 Å². The third-order valence-electron chi connectivity index (χ3n) is 3.70. The van der Waals surface area contributed by atoms with E-state index < -0.39 is 0 Å². The molecule has 2 saturated carbocycles. The molecule has 0 radical (unpaired) electrons. The zero-order valence-electron chi connectivity index (χ0n) is 9.45. The van der Waals surface area contributed by atoms with Crippen LogP contribution in [0.3, 0.4) is 0 Å². The van der Waals surface area contributed by atoms with Gasteiger partial charge in [-0.05, 0) is 37.7 Å². The van der Waals surface area contributed by atoms with Crippen molar-refractivity contribution in [1.82, 2.24) is 9.97 Å². The lowest BCUT2D eigenvalue weighted by molar-refractivity contribution is 0.672. The molecule has 0 atom stereocenters. The SMILES string of the molecule is Clc1cc(C2CCCC2)nc(CC2CC2)n1. The third kappa shape index (κ3) is 2.37. The van der Waals surface area contributed by atoms with Gasteiger partial charge in [0, 0.05) is 18.0 Å². The molecule has 2 fully saturated rings. The lowest BCUT2D eigenvalue weighted by Crippen LogP contribution is -2.04. The fourth-order valence-electron chi connectivity index (χ4n) is 2.59. The van der Waals surface area contributed by atoms with E-state index >= 15 is 0 Å². The van der Waals surface area contributed by atoms with Crippen LogP contribution in [-0.2, 0) is 6.42 Å². The van der Waals surface area contributed by atoms with Crippen LogP contribution in [0.15, 0.2) is 6.07 Å². The van der Waals surface area contributed by atoms with Crippen LogP contribution in [0.2, 0.25) is 5.15 Å². The molecule has 0 unspecified atom stereocenters. The highest BCUT2D eigenvalue weighted by atomic mass is 35.5. The fraction of sp³-hybridized carbons (Fsp3) is 0.692. The summed E-state index contributed by atoms with van der Waals surface area (Å²) < 4.78 is 0. The van der Waals surface area contributed by atoms with Crippen molar-refractivity contribution in [3.8, 4) is 0 Å². The topological polar surface area (TPSA) is 25.8 Å². The zero-order chi connectivity index (χ0) is 11.0. The van der Waals surface area contributed by atoms with Crippen molar-refractivity contribution >= 4 is 11.6 Å². The van der Waals surface area contributed by atoms with Crippen LogP contribution in [-0.4, -0.2) is 9.97 Å². The maximum Gasteiger partial charge on any atom is 0.133 e. The van der Waals surface area contributed by atoms with Crippen molar-refractivity contribution in [3.05, 3.63) is 22.7 Å². The van der Waals surface area contributed by atoms with Crippen molar-refractivity contribution in [2.45, 2.75) is 50.9 Å². The number of rotatable bonds is 3. The average molecular weight is 237 g/mol. The minimum absolute atomic E-state index is 0.632. The van der Waals surface area contributed by atoms with E-state index in [0.717, 1.165) is 18.2 Å². The monoisotopic (exact) mass is 236 g/mol. The van der Waals surface area contributed by atoms with Crippen LogP contribution in [0.4, 0.5) is 0 Å². The van der Waals surface area contributed by atoms with Gasteiger partial charge in [-0.15, -0.1) is 0 Å². The second-order valence-electron chi connectivity index (χ2n) is 5.16. The van der Waals surface area contributed by atoms with Crippen molar-refractivity contribution in [2.75, 3.05) is 0 Å². The molecule has 3 heteroatoms. The molecule has 0 aromatic carbocycles. The van der Waals surface area contributed by atoms with Crippen molar-refractivity contribution in [3.63, 3.8) is 0 Å². The zero-order valence-corrected chi connectivity index (χ0v) is 10.2. The summed E-state index contributed by atoms with van der Waals surface area (Å²) in [5.74, 6) is 2.44. The van der Waals surface area contributed by atoms with Gasteiger partial charge < -0.3 is 0 Å². The lowest BCUT2D eigenvalue weighted by Gasteiger charge is -2.10. The van der Waals surface area contributed by atoms with E-state index in [-0.39, 0.29) is 0 Å². The minimum Gasteiger partial charge on any atom is -0.238 e. The Hall–Kier alpha value is -0.630. The number of halogens is 1. The maximum atomic E-state index is 6.08. The molecular weight excluding hydrogens is 220 g/mol. The van der Waals surface area contributed by atoms with Gasteiger partial charge in [0.25, 0.3) is 0 Å². The van der Waals surface area contributed by atoms with Gasteiger partial charge in [-0.1, -0.05) is 24.4 Å². The van der Waals surface area contributed by atoms with Crippen LogP contribution in [0, 0.1) is 5.92 Å². The summed E-state index contributed by atoms with van der Waals surface area (Å²) in [6, 6.07) is 1.97. The molecule has 0 bridgehead atoms. The highest BCUT2D eigenvalue weighted by Gasteiger charge is 2.24. The van der Waals surface area contributed by atoms with E-state index in [1.165, 1.54) is 44.2 Å². The summed E-state index contributed by atoms with van der Waals surface area (Å²) in [5.41, 5.74) is 1.19. The van der Waals surface area contributed by atoms with Gasteiger partial charge in [-0.2, -0.15) is 0 Å². The van der Waals surface area contributed by atoms with Crippen molar-refractivity contribution in [1.29, 1.82) is 0 Å². The Bertz CT molecular complexity index is 382. The molecule has 16 heavy (non-hydrogen) atoms. The predicted octanol–water partition coefficient (Wildman–Crippen LogP) is 3.74. The number of hydrogen-bond donors (Lipinski definition) is 0. The Labute approximate surface area is 101 Å². The summed E-state index contributed by atoms with van der Waals surface area (Å²) >= 11 is 6.08. The van der Waals surface area contributed by atoms with Gasteiger partial charge >= 0.3 is 0 Å². The highest BCUT2D eigenvalue weighted by Crippen LogP contribution is 2.35. The van der Waals surface area contributed by atoms with Crippen molar-refractivity contribution < 1.29 is 0 Å². The summed E-state index contributed by atoms with van der Waals surface area (Å²) in [5, 5.41) is 0.632. The molecule has 86 valence electrons. The first kappa shape index (κ1) is 10.5. The Morgan fingerprint density at radius 1 is 1.12 bits per heavy atom. The van der Waals surface area contributed by atoms with E-state index in [0.29, 0.717) is 11.1 Å². The van der Waals surface area contributed by atoms with Crippen LogP contribution < -0.4 is 0 Å². The standard InChI is InChI=1S/C13H17ClN2/c14-12-8-11(10-3-1-2-4-10)15-13(16-12)7-9-5-6-9/h8-10H,1-7H2. The van der Waals surface area contributed by atoms with E-state index in [1.807, 2.05) is 6.07 Å². The normalized spacial score (nSPS) is 21.6. The first-order valence-electron chi connectivity index (χ1n) is 6.34. The molecule has 2 nitrogen and oxygen atoms in total. The largest absolute Gasteiger partial charge is 0.238 e. The maximum absolute atomic E-state index is 6.08. The molecule has 0 N–H and O–H groups in total. The number of hydrogen-bond acceptors (Lipinski definition) is 2. The van der Waals surface area contributed by atoms with Crippen molar-refractivity contribution in [2.24, 2.45) is 5.92 Å². The van der Waals surface area contributed by atoms with Gasteiger partial charge in [0.05, 0.1) is 0 Å². The van der Waals surface area contributed by atoms with E-state index in [2.05, 4.69) is 4.98 Å². The van der Waals surface area contributed by atoms with Gasteiger partial charge in [0.1, 0.15) is 11.0 Å². The Balaban J connectivity index is 1.82. The summed E-state index contributed by atoms with van der Waals surface area (Å²) in [7, 11) is 0. The molecule has 3 rings (SSSR count). The van der Waals surface area contributed by atoms with Gasteiger partial charge in [-0.3, -0.25) is 0 Å². The summed E-state index contributed by atoms with van der Waals surface area (Å²) in [6.07, 6.45) is 8.93. The van der Waals surface area contributed by atoms with Gasteiger partial charge in [-0.25, -0.2) is 9.97 Å². The predicted molar refractivity (Wildman–Crippen MR) is 64.7 cm³/mol. The first-order chi connectivity index (χ1) is 7.81. The molecule has 2 aliphatic carbocycles. The smallest absolute Gasteiger partial charge is 0.133 e. The summed E-state index contributed by atoms with van der Waals surface area (Å²) in [4.78, 5) is 9.04. The molecule has 1 aromatic rings. The van der Waals surface area contributed by atoms with Crippen LogP contribution in [0.1, 0.15) is 56.0 Å². The molecule has 0 saturated heterocycles. The Morgan fingerprint density at radius 2 is 1.88 bits per heavy atom. The lowest BCUT2D eigenvalue weighted by atomic mass is 10.0. The minimum atomic E-state index is 0.632. The number of aromatic nitrogens is 2. The Morgan fingerprint density at radius 3 is 2.56 bits per heavy atom. The molecule has 0 amide bonds. The van der Waals surface area contributed by atoms with E-state index in [9.17, 15) is 0 Å². The summed E-state index contributed by atoms with van der Waals surface area (Å²) in [6.45, 7) is 0. The van der Waals surface area contributed by atoms with Crippen LogP contribution >= 0.6 is 11.6 Å². The molecular formula is C13H17ClN2.